The Hall–Kier alpha value is -2.39. The minimum Gasteiger partial charge on any atom is -0.363 e. The second kappa shape index (κ2) is 5.91. The summed E-state index contributed by atoms with van der Waals surface area (Å²) in [6, 6.07) is 3.65. The lowest BCUT2D eigenvalue weighted by Gasteiger charge is -2.27. The molecule has 24 heavy (non-hydrogen) atoms. The second-order valence-corrected chi connectivity index (χ2v) is 7.43. The predicted octanol–water partition coefficient (Wildman–Crippen LogP) is 0.770. The molecule has 0 unspecified atom stereocenters. The number of benzene rings is 1. The van der Waals surface area contributed by atoms with Gasteiger partial charge < -0.3 is 5.73 Å². The van der Waals surface area contributed by atoms with Crippen molar-refractivity contribution in [2.45, 2.75) is 24.8 Å². The summed E-state index contributed by atoms with van der Waals surface area (Å²) >= 11 is 0. The Morgan fingerprint density at radius 1 is 1.38 bits per heavy atom. The van der Waals surface area contributed by atoms with Gasteiger partial charge in [0.05, 0.1) is 17.1 Å². The van der Waals surface area contributed by atoms with Gasteiger partial charge >= 0.3 is 0 Å². The van der Waals surface area contributed by atoms with Crippen molar-refractivity contribution in [3.63, 3.8) is 0 Å². The summed E-state index contributed by atoms with van der Waals surface area (Å²) in [6.45, 7) is 1.82. The fourth-order valence-corrected chi connectivity index (χ4v) is 4.23. The molecular formula is C15H15FN4O3S. The standard InChI is InChI=1S/C15H15FN4O3S/c1-9-2-3-11(16)6-13(9)24(22,23)20-5-4-10-7-18-15(14(17)21)19-12(10)8-20/h2-3,6-7H,4-5,8H2,1H3,(H2,17,21). The van der Waals surface area contributed by atoms with Gasteiger partial charge in [-0.1, -0.05) is 6.07 Å². The lowest BCUT2D eigenvalue weighted by Crippen LogP contribution is -2.37. The highest BCUT2D eigenvalue weighted by Crippen LogP contribution is 2.26. The van der Waals surface area contributed by atoms with Crippen molar-refractivity contribution < 1.29 is 17.6 Å². The van der Waals surface area contributed by atoms with Crippen molar-refractivity contribution in [3.05, 3.63) is 52.9 Å². The van der Waals surface area contributed by atoms with Gasteiger partial charge in [-0.3, -0.25) is 4.79 Å². The third kappa shape index (κ3) is 2.87. The Balaban J connectivity index is 1.98. The van der Waals surface area contributed by atoms with Gasteiger partial charge in [-0.25, -0.2) is 22.8 Å². The zero-order valence-electron chi connectivity index (χ0n) is 12.9. The first-order valence-electron chi connectivity index (χ1n) is 7.20. The van der Waals surface area contributed by atoms with Crippen LogP contribution in [0.3, 0.4) is 0 Å². The van der Waals surface area contributed by atoms with Crippen LogP contribution in [0, 0.1) is 12.7 Å². The maximum Gasteiger partial charge on any atom is 0.286 e. The number of rotatable bonds is 3. The second-order valence-electron chi connectivity index (χ2n) is 5.53. The van der Waals surface area contributed by atoms with Crippen LogP contribution < -0.4 is 5.73 Å². The summed E-state index contributed by atoms with van der Waals surface area (Å²) in [5.41, 5.74) is 6.82. The highest BCUT2D eigenvalue weighted by molar-refractivity contribution is 7.89. The molecule has 1 aromatic heterocycles. The van der Waals surface area contributed by atoms with E-state index in [2.05, 4.69) is 9.97 Å². The molecule has 0 fully saturated rings. The molecule has 2 heterocycles. The summed E-state index contributed by atoms with van der Waals surface area (Å²) in [6.07, 6.45) is 1.89. The number of hydrogen-bond donors (Lipinski definition) is 1. The smallest absolute Gasteiger partial charge is 0.286 e. The van der Waals surface area contributed by atoms with Crippen LogP contribution in [0.4, 0.5) is 4.39 Å². The topological polar surface area (TPSA) is 106 Å². The van der Waals surface area contributed by atoms with Crippen molar-refractivity contribution in [1.82, 2.24) is 14.3 Å². The zero-order chi connectivity index (χ0) is 17.5. The van der Waals surface area contributed by atoms with Gasteiger partial charge in [0.25, 0.3) is 5.91 Å². The van der Waals surface area contributed by atoms with Gasteiger partial charge in [0, 0.05) is 12.7 Å². The number of halogens is 1. The molecule has 2 N–H and O–H groups in total. The first-order chi connectivity index (χ1) is 11.3. The van der Waals surface area contributed by atoms with Gasteiger partial charge in [0.1, 0.15) is 5.82 Å². The van der Waals surface area contributed by atoms with Gasteiger partial charge in [-0.05, 0) is 36.6 Å². The Morgan fingerprint density at radius 3 is 2.83 bits per heavy atom. The predicted molar refractivity (Wildman–Crippen MR) is 83.0 cm³/mol. The average molecular weight is 350 g/mol. The summed E-state index contributed by atoms with van der Waals surface area (Å²) in [7, 11) is -3.87. The van der Waals surface area contributed by atoms with Crippen LogP contribution >= 0.6 is 0 Å². The van der Waals surface area contributed by atoms with Crippen LogP contribution in [0.2, 0.25) is 0 Å². The van der Waals surface area contributed by atoms with E-state index in [9.17, 15) is 17.6 Å². The molecule has 7 nitrogen and oxygen atoms in total. The number of aryl methyl sites for hydroxylation is 1. The van der Waals surface area contributed by atoms with E-state index in [1.54, 1.807) is 6.92 Å². The minimum absolute atomic E-state index is 0.0174. The Kier molecular flexibility index (Phi) is 4.06. The number of nitrogens with two attached hydrogens (primary N) is 1. The summed E-state index contributed by atoms with van der Waals surface area (Å²) in [5.74, 6) is -1.55. The van der Waals surface area contributed by atoms with Crippen LogP contribution in [-0.2, 0) is 23.0 Å². The molecule has 2 aromatic rings. The Bertz CT molecular complexity index is 930. The maximum atomic E-state index is 13.5. The maximum absolute atomic E-state index is 13.5. The van der Waals surface area contributed by atoms with E-state index in [-0.39, 0.29) is 23.8 Å². The number of carbonyl (C=O) groups excluding carboxylic acids is 1. The molecule has 0 spiro atoms. The zero-order valence-corrected chi connectivity index (χ0v) is 13.7. The average Bonchev–Trinajstić information content (AvgIpc) is 2.55. The summed E-state index contributed by atoms with van der Waals surface area (Å²) < 4.78 is 40.3. The molecule has 126 valence electrons. The number of hydrogen-bond acceptors (Lipinski definition) is 5. The number of amides is 1. The molecule has 3 rings (SSSR count). The van der Waals surface area contributed by atoms with Crippen molar-refractivity contribution in [1.29, 1.82) is 0 Å². The molecule has 0 saturated heterocycles. The fraction of sp³-hybridized carbons (Fsp3) is 0.267. The molecule has 1 aliphatic heterocycles. The lowest BCUT2D eigenvalue weighted by atomic mass is 10.1. The van der Waals surface area contributed by atoms with Crippen LogP contribution in [-0.4, -0.2) is 35.1 Å². The molecule has 1 amide bonds. The van der Waals surface area contributed by atoms with E-state index in [4.69, 9.17) is 5.73 Å². The lowest BCUT2D eigenvalue weighted by molar-refractivity contribution is 0.0990. The van der Waals surface area contributed by atoms with E-state index >= 15 is 0 Å². The highest BCUT2D eigenvalue weighted by Gasteiger charge is 2.31. The molecule has 1 aliphatic rings. The van der Waals surface area contributed by atoms with Crippen molar-refractivity contribution in [2.75, 3.05) is 6.54 Å². The monoisotopic (exact) mass is 350 g/mol. The Morgan fingerprint density at radius 2 is 2.12 bits per heavy atom. The summed E-state index contributed by atoms with van der Waals surface area (Å²) in [5, 5.41) is 0. The Labute approximate surface area is 138 Å². The van der Waals surface area contributed by atoms with E-state index in [1.807, 2.05) is 0 Å². The normalized spacial score (nSPS) is 15.1. The number of carbonyl (C=O) groups is 1. The highest BCUT2D eigenvalue weighted by atomic mass is 32.2. The SMILES string of the molecule is Cc1ccc(F)cc1S(=O)(=O)N1CCc2cnc(C(N)=O)nc2C1. The number of nitrogens with zero attached hydrogens (tertiary/aromatic N) is 3. The third-order valence-corrected chi connectivity index (χ3v) is 5.89. The number of sulfonamides is 1. The van der Waals surface area contributed by atoms with Gasteiger partial charge in [-0.2, -0.15) is 4.31 Å². The van der Waals surface area contributed by atoms with Gasteiger partial charge in [-0.15, -0.1) is 0 Å². The largest absolute Gasteiger partial charge is 0.363 e. The fourth-order valence-electron chi connectivity index (χ4n) is 2.59. The molecule has 0 aliphatic carbocycles. The molecule has 1 aromatic carbocycles. The van der Waals surface area contributed by atoms with Crippen LogP contribution in [0.5, 0.6) is 0 Å². The minimum atomic E-state index is -3.87. The summed E-state index contributed by atoms with van der Waals surface area (Å²) in [4.78, 5) is 19.0. The van der Waals surface area contributed by atoms with E-state index < -0.39 is 21.7 Å². The van der Waals surface area contributed by atoms with Crippen molar-refractivity contribution in [3.8, 4) is 0 Å². The van der Waals surface area contributed by atoms with E-state index in [0.29, 0.717) is 17.7 Å². The van der Waals surface area contributed by atoms with E-state index in [1.165, 1.54) is 22.6 Å². The van der Waals surface area contributed by atoms with Crippen LogP contribution in [0.15, 0.2) is 29.3 Å². The molecule has 0 atom stereocenters. The van der Waals surface area contributed by atoms with Gasteiger partial charge in [0.15, 0.2) is 0 Å². The first-order valence-corrected chi connectivity index (χ1v) is 8.64. The van der Waals surface area contributed by atoms with Crippen molar-refractivity contribution in [2.24, 2.45) is 5.73 Å². The number of aromatic nitrogens is 2. The van der Waals surface area contributed by atoms with E-state index in [0.717, 1.165) is 11.6 Å². The number of primary amides is 1. The first kappa shape index (κ1) is 16.5. The molecule has 0 radical (unpaired) electrons. The third-order valence-electron chi connectivity index (χ3n) is 3.90. The quantitative estimate of drug-likeness (QED) is 0.880. The molecule has 9 heteroatoms. The molecule has 0 bridgehead atoms. The van der Waals surface area contributed by atoms with Gasteiger partial charge in [0.2, 0.25) is 15.8 Å². The van der Waals surface area contributed by atoms with Crippen LogP contribution in [0.1, 0.15) is 27.4 Å². The molecular weight excluding hydrogens is 335 g/mol. The van der Waals surface area contributed by atoms with Crippen molar-refractivity contribution >= 4 is 15.9 Å². The van der Waals surface area contributed by atoms with Crippen LogP contribution in [0.25, 0.3) is 0 Å². The molecule has 0 saturated carbocycles. The number of fused-ring (bicyclic) bond motifs is 1.